The van der Waals surface area contributed by atoms with E-state index in [0.717, 1.165) is 31.1 Å². The Morgan fingerprint density at radius 3 is 2.95 bits per heavy atom. The molecule has 3 rings (SSSR count). The van der Waals surface area contributed by atoms with Crippen molar-refractivity contribution in [3.05, 3.63) is 29.1 Å². The Bertz CT molecular complexity index is 529. The topological polar surface area (TPSA) is 54.5 Å². The molecule has 0 radical (unpaired) electrons. The normalized spacial score (nSPS) is 22.0. The molecule has 0 saturated carbocycles. The highest BCUT2D eigenvalue weighted by Gasteiger charge is 2.17. The molecule has 2 N–H and O–H groups in total. The van der Waals surface area contributed by atoms with Crippen molar-refractivity contribution < 1.29 is 0 Å². The van der Waals surface area contributed by atoms with Crippen LogP contribution in [0.2, 0.25) is 0 Å². The summed E-state index contributed by atoms with van der Waals surface area (Å²) in [5.74, 6) is 1.40. The molecule has 4 nitrogen and oxygen atoms in total. The first kappa shape index (κ1) is 17.5. The molecule has 1 fully saturated rings. The molecule has 0 bridgehead atoms. The van der Waals surface area contributed by atoms with Gasteiger partial charge in [-0.2, -0.15) is 0 Å². The summed E-state index contributed by atoms with van der Waals surface area (Å²) in [7, 11) is 0. The van der Waals surface area contributed by atoms with Gasteiger partial charge >= 0.3 is 0 Å². The van der Waals surface area contributed by atoms with Crippen molar-refractivity contribution in [1.29, 1.82) is 0 Å². The molecule has 2 aliphatic rings. The van der Waals surface area contributed by atoms with Gasteiger partial charge in [0.2, 0.25) is 0 Å². The highest BCUT2D eigenvalue weighted by Crippen LogP contribution is 2.20. The van der Waals surface area contributed by atoms with E-state index < -0.39 is 0 Å². The smallest absolute Gasteiger partial charge is 0.191 e. The van der Waals surface area contributed by atoms with Crippen molar-refractivity contribution in [1.82, 2.24) is 9.88 Å². The van der Waals surface area contributed by atoms with Crippen LogP contribution in [0.15, 0.2) is 17.1 Å². The number of aromatic nitrogens is 1. The predicted octanol–water partition coefficient (Wildman–Crippen LogP) is 3.13. The maximum Gasteiger partial charge on any atom is 0.191 e. The van der Waals surface area contributed by atoms with Crippen LogP contribution in [0.4, 0.5) is 0 Å². The van der Waals surface area contributed by atoms with Crippen LogP contribution in [0.1, 0.15) is 49.6 Å². The number of aliphatic imine (C=N–C) groups is 1. The molecular weight excluding hydrogens is 387 g/mol. The van der Waals surface area contributed by atoms with Crippen LogP contribution in [0.3, 0.4) is 0 Å². The number of fused-ring (bicyclic) bond motifs is 1. The monoisotopic (exact) mass is 414 g/mol. The third kappa shape index (κ3) is 4.33. The van der Waals surface area contributed by atoms with E-state index in [9.17, 15) is 0 Å². The molecule has 1 aliphatic heterocycles. The van der Waals surface area contributed by atoms with Gasteiger partial charge in [-0.25, -0.2) is 4.99 Å². The lowest BCUT2D eigenvalue weighted by Gasteiger charge is -2.31. The van der Waals surface area contributed by atoms with Crippen LogP contribution < -0.4 is 5.73 Å². The van der Waals surface area contributed by atoms with Gasteiger partial charge in [-0.05, 0) is 56.1 Å². The van der Waals surface area contributed by atoms with E-state index >= 15 is 0 Å². The maximum absolute atomic E-state index is 6.14. The van der Waals surface area contributed by atoms with Gasteiger partial charge in [0.25, 0.3) is 0 Å². The van der Waals surface area contributed by atoms with E-state index in [1.807, 2.05) is 0 Å². The van der Waals surface area contributed by atoms with Gasteiger partial charge < -0.3 is 10.6 Å². The molecule has 1 atom stereocenters. The first-order chi connectivity index (χ1) is 10.2. The third-order valence-electron chi connectivity index (χ3n) is 4.62. The number of likely N-dealkylation sites (tertiary alicyclic amines) is 1. The molecule has 0 amide bonds. The number of aryl methyl sites for hydroxylation is 2. The Kier molecular flexibility index (Phi) is 6.47. The Hall–Kier alpha value is -0.850. The van der Waals surface area contributed by atoms with E-state index in [4.69, 9.17) is 10.7 Å². The molecule has 5 heteroatoms. The van der Waals surface area contributed by atoms with Crippen molar-refractivity contribution in [2.75, 3.05) is 13.1 Å². The fourth-order valence-corrected chi connectivity index (χ4v) is 3.37. The van der Waals surface area contributed by atoms with Crippen molar-refractivity contribution in [2.24, 2.45) is 16.6 Å². The van der Waals surface area contributed by atoms with Crippen LogP contribution in [-0.4, -0.2) is 28.9 Å². The minimum Gasteiger partial charge on any atom is -0.370 e. The van der Waals surface area contributed by atoms with Gasteiger partial charge in [0.15, 0.2) is 5.96 Å². The number of rotatable bonds is 2. The number of pyridine rings is 1. The molecule has 1 aromatic rings. The maximum atomic E-state index is 6.14. The lowest BCUT2D eigenvalue weighted by molar-refractivity contribution is 0.270. The van der Waals surface area contributed by atoms with Gasteiger partial charge in [-0.3, -0.25) is 4.98 Å². The average molecular weight is 414 g/mol. The van der Waals surface area contributed by atoms with Crippen LogP contribution in [0, 0.1) is 5.92 Å². The zero-order valence-electron chi connectivity index (χ0n) is 13.4. The SMILES string of the molecule is CC1CCCN(C(N)=NCc2ccc3c(n2)CCCC3)C1.I. The van der Waals surface area contributed by atoms with Crippen molar-refractivity contribution in [3.63, 3.8) is 0 Å². The van der Waals surface area contributed by atoms with E-state index in [1.165, 1.54) is 43.4 Å². The summed E-state index contributed by atoms with van der Waals surface area (Å²) in [6, 6.07) is 4.34. The van der Waals surface area contributed by atoms with Crippen molar-refractivity contribution in [3.8, 4) is 0 Å². The van der Waals surface area contributed by atoms with Crippen molar-refractivity contribution >= 4 is 29.9 Å². The third-order valence-corrected chi connectivity index (χ3v) is 4.62. The summed E-state index contributed by atoms with van der Waals surface area (Å²) in [5.41, 5.74) is 9.89. The van der Waals surface area contributed by atoms with E-state index in [0.29, 0.717) is 12.5 Å². The number of nitrogens with zero attached hydrogens (tertiary/aromatic N) is 3. The molecule has 122 valence electrons. The molecule has 1 aromatic heterocycles. The van der Waals surface area contributed by atoms with Gasteiger partial charge in [-0.1, -0.05) is 13.0 Å². The first-order valence-corrected chi connectivity index (χ1v) is 8.25. The standard InChI is InChI=1S/C17H26N4.HI/c1-13-5-4-10-21(12-13)17(18)19-11-15-9-8-14-6-2-3-7-16(14)20-15;/h8-9,13H,2-7,10-12H2,1H3,(H2,18,19);1H. The molecule has 1 unspecified atom stereocenters. The summed E-state index contributed by atoms with van der Waals surface area (Å²) in [6.07, 6.45) is 7.38. The quantitative estimate of drug-likeness (QED) is 0.460. The lowest BCUT2D eigenvalue weighted by atomic mass is 9.96. The van der Waals surface area contributed by atoms with E-state index in [1.54, 1.807) is 0 Å². The van der Waals surface area contributed by atoms with Gasteiger partial charge in [-0.15, -0.1) is 24.0 Å². The van der Waals surface area contributed by atoms with Crippen LogP contribution in [0.5, 0.6) is 0 Å². The summed E-state index contributed by atoms with van der Waals surface area (Å²) >= 11 is 0. The Morgan fingerprint density at radius 1 is 1.32 bits per heavy atom. The minimum absolute atomic E-state index is 0. The second-order valence-corrected chi connectivity index (χ2v) is 6.48. The number of hydrogen-bond acceptors (Lipinski definition) is 2. The summed E-state index contributed by atoms with van der Waals surface area (Å²) in [5, 5.41) is 0. The minimum atomic E-state index is 0. The lowest BCUT2D eigenvalue weighted by Crippen LogP contribution is -2.43. The molecular formula is C17H27IN4. The molecule has 22 heavy (non-hydrogen) atoms. The summed E-state index contributed by atoms with van der Waals surface area (Å²) < 4.78 is 0. The highest BCUT2D eigenvalue weighted by molar-refractivity contribution is 14.0. The van der Waals surface area contributed by atoms with E-state index in [-0.39, 0.29) is 24.0 Å². The number of nitrogens with two attached hydrogens (primary N) is 1. The zero-order valence-corrected chi connectivity index (χ0v) is 15.8. The second kappa shape index (κ2) is 8.13. The highest BCUT2D eigenvalue weighted by atomic mass is 127. The van der Waals surface area contributed by atoms with Crippen LogP contribution >= 0.6 is 24.0 Å². The number of halogens is 1. The fourth-order valence-electron chi connectivity index (χ4n) is 3.37. The first-order valence-electron chi connectivity index (χ1n) is 8.25. The fraction of sp³-hybridized carbons (Fsp3) is 0.647. The number of piperidine rings is 1. The summed E-state index contributed by atoms with van der Waals surface area (Å²) in [4.78, 5) is 11.5. The second-order valence-electron chi connectivity index (χ2n) is 6.48. The molecule has 1 aliphatic carbocycles. The van der Waals surface area contributed by atoms with E-state index in [2.05, 4.69) is 28.9 Å². The predicted molar refractivity (Wildman–Crippen MR) is 102 cm³/mol. The Morgan fingerprint density at radius 2 is 2.14 bits per heavy atom. The largest absolute Gasteiger partial charge is 0.370 e. The molecule has 1 saturated heterocycles. The number of guanidine groups is 1. The van der Waals surface area contributed by atoms with Gasteiger partial charge in [0.1, 0.15) is 0 Å². The molecule has 0 spiro atoms. The molecule has 0 aromatic carbocycles. The van der Waals surface area contributed by atoms with Crippen LogP contribution in [-0.2, 0) is 19.4 Å². The van der Waals surface area contributed by atoms with Crippen LogP contribution in [0.25, 0.3) is 0 Å². The average Bonchev–Trinajstić information content (AvgIpc) is 2.52. The van der Waals surface area contributed by atoms with Gasteiger partial charge in [0.05, 0.1) is 12.2 Å². The summed E-state index contributed by atoms with van der Waals surface area (Å²) in [6.45, 7) is 4.96. The number of hydrogen-bond donors (Lipinski definition) is 1. The molecule has 2 heterocycles. The van der Waals surface area contributed by atoms with Gasteiger partial charge in [0, 0.05) is 18.8 Å². The Balaban J connectivity index is 0.00000176. The Labute approximate surface area is 150 Å². The van der Waals surface area contributed by atoms with Crippen molar-refractivity contribution in [2.45, 2.75) is 52.0 Å². The zero-order chi connectivity index (χ0) is 14.7.